The average Bonchev–Trinajstić information content (AvgIpc) is 2.61. The molecule has 94 valence electrons. The molecule has 2 heterocycles. The minimum Gasteiger partial charge on any atom is -0.332 e. The van der Waals surface area contributed by atoms with Gasteiger partial charge in [0.05, 0.1) is 4.92 Å². The van der Waals surface area contributed by atoms with Crippen molar-refractivity contribution in [3.63, 3.8) is 0 Å². The first kappa shape index (κ1) is 11.5. The molecule has 0 aromatic carbocycles. The predicted octanol–water partition coefficient (Wildman–Crippen LogP) is -0.411. The van der Waals surface area contributed by atoms with Gasteiger partial charge in [-0.1, -0.05) is 0 Å². The van der Waals surface area contributed by atoms with Crippen molar-refractivity contribution in [3.8, 4) is 0 Å². The number of amides is 2. The molecule has 0 radical (unpaired) electrons. The predicted molar refractivity (Wildman–Crippen MR) is 59.1 cm³/mol. The summed E-state index contributed by atoms with van der Waals surface area (Å²) >= 11 is 0. The Morgan fingerprint density at radius 2 is 1.47 bits per heavy atom. The van der Waals surface area contributed by atoms with Crippen LogP contribution in [0.15, 0.2) is 12.0 Å². The molecule has 0 aliphatic carbocycles. The molecule has 8 heteroatoms. The average molecular weight is 241 g/mol. The first-order valence-electron chi connectivity index (χ1n) is 5.17. The highest BCUT2D eigenvalue weighted by Crippen LogP contribution is 2.35. The minimum atomic E-state index is -0.481. The number of likely N-dealkylation sites (N-methyl/N-ethyl adjacent to an activating group) is 4. The third-order valence-electron chi connectivity index (χ3n) is 3.40. The summed E-state index contributed by atoms with van der Waals surface area (Å²) < 4.78 is 0. The molecule has 2 atom stereocenters. The van der Waals surface area contributed by atoms with E-state index in [1.165, 1.54) is 0 Å². The van der Waals surface area contributed by atoms with Gasteiger partial charge in [-0.05, 0) is 0 Å². The molecule has 2 saturated heterocycles. The first-order valence-corrected chi connectivity index (χ1v) is 5.17. The van der Waals surface area contributed by atoms with Crippen LogP contribution in [0.25, 0.3) is 0 Å². The Kier molecular flexibility index (Phi) is 2.37. The van der Waals surface area contributed by atoms with E-state index < -0.39 is 4.92 Å². The molecule has 0 N–H and O–H groups in total. The van der Waals surface area contributed by atoms with Gasteiger partial charge >= 0.3 is 6.03 Å². The Bertz CT molecular complexity index is 383. The van der Waals surface area contributed by atoms with Crippen LogP contribution in [-0.4, -0.2) is 71.1 Å². The van der Waals surface area contributed by atoms with E-state index in [2.05, 4.69) is 0 Å². The molecule has 0 unspecified atom stereocenters. The normalized spacial score (nSPS) is 28.0. The third-order valence-corrected chi connectivity index (χ3v) is 3.40. The quantitative estimate of drug-likeness (QED) is 0.461. The lowest BCUT2D eigenvalue weighted by Crippen LogP contribution is -2.42. The highest BCUT2D eigenvalue weighted by molar-refractivity contribution is 5.77. The van der Waals surface area contributed by atoms with Crippen molar-refractivity contribution in [1.82, 2.24) is 19.6 Å². The van der Waals surface area contributed by atoms with Crippen LogP contribution in [0.1, 0.15) is 0 Å². The molecule has 2 amide bonds. The highest BCUT2D eigenvalue weighted by atomic mass is 16.6. The molecule has 17 heavy (non-hydrogen) atoms. The van der Waals surface area contributed by atoms with Crippen molar-refractivity contribution in [1.29, 1.82) is 0 Å². The van der Waals surface area contributed by atoms with Crippen LogP contribution in [0.3, 0.4) is 0 Å². The van der Waals surface area contributed by atoms with E-state index in [1.807, 2.05) is 0 Å². The monoisotopic (exact) mass is 241 g/mol. The summed E-state index contributed by atoms with van der Waals surface area (Å²) in [5.74, 6) is 0.496. The van der Waals surface area contributed by atoms with E-state index in [9.17, 15) is 14.9 Å². The van der Waals surface area contributed by atoms with Crippen molar-refractivity contribution >= 4 is 6.03 Å². The van der Waals surface area contributed by atoms with E-state index in [0.717, 1.165) is 6.20 Å². The molecule has 8 nitrogen and oxygen atoms in total. The Hall–Kier alpha value is -1.99. The summed E-state index contributed by atoms with van der Waals surface area (Å²) in [6.07, 6.45) is 0.581. The molecule has 2 aliphatic rings. The lowest BCUT2D eigenvalue weighted by Gasteiger charge is -2.25. The SMILES string of the molecule is CN1C(=O)N(C)[C@@H]2[C@@H]1N(C)C(=C[N+](=O)[O-])N2C. The lowest BCUT2D eigenvalue weighted by molar-refractivity contribution is -0.405. The minimum absolute atomic E-state index is 0.0844. The van der Waals surface area contributed by atoms with Crippen LogP contribution >= 0.6 is 0 Å². The molecule has 0 spiro atoms. The zero-order valence-corrected chi connectivity index (χ0v) is 10.2. The summed E-state index contributed by atoms with van der Waals surface area (Å²) in [4.78, 5) is 28.5. The third kappa shape index (κ3) is 1.40. The molecular formula is C9H15N5O3. The number of nitro groups is 1. The van der Waals surface area contributed by atoms with Gasteiger partial charge in [-0.3, -0.25) is 10.1 Å². The molecule has 2 aliphatic heterocycles. The van der Waals surface area contributed by atoms with Gasteiger partial charge in [0, 0.05) is 28.2 Å². The van der Waals surface area contributed by atoms with Gasteiger partial charge in [0.15, 0.2) is 5.82 Å². The second-order valence-electron chi connectivity index (χ2n) is 4.33. The number of urea groups is 1. The molecule has 0 aromatic heterocycles. The van der Waals surface area contributed by atoms with Gasteiger partial charge in [0.1, 0.15) is 12.3 Å². The van der Waals surface area contributed by atoms with E-state index >= 15 is 0 Å². The number of fused-ring (bicyclic) bond motifs is 1. The van der Waals surface area contributed by atoms with Crippen LogP contribution in [0, 0.1) is 10.1 Å². The number of hydrogen-bond acceptors (Lipinski definition) is 5. The van der Waals surface area contributed by atoms with Crippen molar-refractivity contribution in [2.75, 3.05) is 28.2 Å². The van der Waals surface area contributed by atoms with Gasteiger partial charge in [-0.25, -0.2) is 4.79 Å². The topological polar surface area (TPSA) is 73.2 Å². The van der Waals surface area contributed by atoms with Crippen LogP contribution in [0.5, 0.6) is 0 Å². The first-order chi connectivity index (χ1) is 7.86. The highest BCUT2D eigenvalue weighted by Gasteiger charge is 2.53. The summed E-state index contributed by atoms with van der Waals surface area (Å²) in [7, 11) is 6.89. The number of hydrogen-bond donors (Lipinski definition) is 0. The number of rotatable bonds is 1. The van der Waals surface area contributed by atoms with E-state index in [-0.39, 0.29) is 18.4 Å². The van der Waals surface area contributed by atoms with Crippen molar-refractivity contribution in [3.05, 3.63) is 22.1 Å². The Balaban J connectivity index is 2.39. The maximum Gasteiger partial charge on any atom is 0.323 e. The molecule has 0 saturated carbocycles. The molecular weight excluding hydrogens is 226 g/mol. The van der Waals surface area contributed by atoms with Crippen molar-refractivity contribution in [2.24, 2.45) is 0 Å². The van der Waals surface area contributed by atoms with Gasteiger partial charge in [-0.15, -0.1) is 0 Å². The maximum atomic E-state index is 11.8. The Morgan fingerprint density at radius 1 is 1.06 bits per heavy atom. The fraction of sp³-hybridized carbons (Fsp3) is 0.667. The fourth-order valence-corrected chi connectivity index (χ4v) is 2.59. The van der Waals surface area contributed by atoms with E-state index in [4.69, 9.17) is 0 Å². The lowest BCUT2D eigenvalue weighted by atomic mass is 10.4. The van der Waals surface area contributed by atoms with Crippen LogP contribution in [0.2, 0.25) is 0 Å². The maximum absolute atomic E-state index is 11.8. The fourth-order valence-electron chi connectivity index (χ4n) is 2.59. The van der Waals surface area contributed by atoms with Gasteiger partial charge in [0.25, 0.3) is 6.20 Å². The number of nitrogens with zero attached hydrogens (tertiary/aromatic N) is 5. The van der Waals surface area contributed by atoms with Crippen LogP contribution < -0.4 is 0 Å². The summed E-state index contributed by atoms with van der Waals surface area (Å²) in [6, 6.07) is -0.0844. The van der Waals surface area contributed by atoms with Gasteiger partial charge < -0.3 is 19.6 Å². The zero-order chi connectivity index (χ0) is 12.9. The van der Waals surface area contributed by atoms with Gasteiger partial charge in [-0.2, -0.15) is 0 Å². The summed E-state index contributed by atoms with van der Waals surface area (Å²) in [5.41, 5.74) is 0. The zero-order valence-electron chi connectivity index (χ0n) is 10.2. The molecule has 2 fully saturated rings. The molecule has 0 aromatic rings. The summed E-state index contributed by atoms with van der Waals surface area (Å²) in [6.45, 7) is 0. The van der Waals surface area contributed by atoms with Crippen LogP contribution in [-0.2, 0) is 0 Å². The van der Waals surface area contributed by atoms with E-state index in [0.29, 0.717) is 5.82 Å². The second-order valence-corrected chi connectivity index (χ2v) is 4.33. The summed E-state index contributed by atoms with van der Waals surface area (Å²) in [5, 5.41) is 10.6. The van der Waals surface area contributed by atoms with Crippen molar-refractivity contribution in [2.45, 2.75) is 12.3 Å². The van der Waals surface area contributed by atoms with Crippen molar-refractivity contribution < 1.29 is 9.72 Å². The number of carbonyl (C=O) groups excluding carboxylic acids is 1. The standard InChI is InChI=1S/C9H15N5O3/c1-10-6(5-14(16)17)11(2)8-7(10)12(3)9(15)13(8)4/h5,7-8H,1-4H3/t7-,8-/m1/s1. The van der Waals surface area contributed by atoms with Gasteiger partial charge in [0.2, 0.25) is 0 Å². The van der Waals surface area contributed by atoms with E-state index in [1.54, 1.807) is 47.8 Å². The van der Waals surface area contributed by atoms with Crippen LogP contribution in [0.4, 0.5) is 4.79 Å². The second kappa shape index (κ2) is 3.51. The molecule has 0 bridgehead atoms. The Labute approximate surface area is 98.8 Å². The molecule has 2 rings (SSSR count). The smallest absolute Gasteiger partial charge is 0.323 e. The largest absolute Gasteiger partial charge is 0.332 e. The number of carbonyl (C=O) groups is 1. The Morgan fingerprint density at radius 3 is 1.82 bits per heavy atom.